The number of amides is 2. The van der Waals surface area contributed by atoms with Crippen LogP contribution < -0.4 is 0 Å². The van der Waals surface area contributed by atoms with Crippen LogP contribution in [0.5, 0.6) is 0 Å². The molecule has 2 aromatic rings. The van der Waals surface area contributed by atoms with Crippen LogP contribution in [-0.4, -0.2) is 45.2 Å². The minimum Gasteiger partial charge on any atom is -0.356 e. The molecule has 5 rings (SSSR count). The first-order valence-corrected chi connectivity index (χ1v) is 9.71. The number of hydrogen-bond donors (Lipinski definition) is 1. The maximum atomic E-state index is 13.4. The van der Waals surface area contributed by atoms with Crippen molar-refractivity contribution in [2.75, 3.05) is 6.54 Å². The molecule has 1 N–H and O–H groups in total. The van der Waals surface area contributed by atoms with E-state index in [0.29, 0.717) is 6.42 Å². The first-order chi connectivity index (χ1) is 12.5. The predicted molar refractivity (Wildman–Crippen MR) is 99.6 cm³/mol. The van der Waals surface area contributed by atoms with Crippen LogP contribution in [-0.2, 0) is 21.5 Å². The monoisotopic (exact) mass is 351 g/mol. The normalized spacial score (nSPS) is 25.7. The second-order valence-electron chi connectivity index (χ2n) is 8.47. The molecule has 0 bridgehead atoms. The SMILES string of the molecule is CC1(C)c2[nH]c3ccccc3c2C[C@@H]2C(=O)N(C3CCCC3)CC(=O)N21. The Kier molecular flexibility index (Phi) is 3.27. The fourth-order valence-electron chi connectivity index (χ4n) is 5.43. The van der Waals surface area contributed by atoms with Gasteiger partial charge < -0.3 is 14.8 Å². The molecule has 1 saturated heterocycles. The fourth-order valence-corrected chi connectivity index (χ4v) is 5.43. The minimum atomic E-state index is -0.508. The molecule has 2 fully saturated rings. The highest BCUT2D eigenvalue weighted by Gasteiger charge is 2.52. The fraction of sp³-hybridized carbons (Fsp3) is 0.524. The number of nitrogens with zero attached hydrogens (tertiary/aromatic N) is 2. The number of aromatic nitrogens is 1. The van der Waals surface area contributed by atoms with Gasteiger partial charge in [0.05, 0.1) is 5.54 Å². The molecular formula is C21H25N3O2. The Hall–Kier alpha value is -2.30. The summed E-state index contributed by atoms with van der Waals surface area (Å²) < 4.78 is 0. The lowest BCUT2D eigenvalue weighted by Crippen LogP contribution is -2.68. The number of rotatable bonds is 1. The van der Waals surface area contributed by atoms with E-state index in [0.717, 1.165) is 36.9 Å². The van der Waals surface area contributed by atoms with E-state index in [9.17, 15) is 9.59 Å². The Morgan fingerprint density at radius 3 is 2.62 bits per heavy atom. The average Bonchev–Trinajstić information content (AvgIpc) is 3.26. The molecule has 3 aliphatic rings. The smallest absolute Gasteiger partial charge is 0.246 e. The molecule has 3 heterocycles. The van der Waals surface area contributed by atoms with Crippen LogP contribution >= 0.6 is 0 Å². The second-order valence-corrected chi connectivity index (χ2v) is 8.47. The van der Waals surface area contributed by atoms with Crippen LogP contribution in [0.3, 0.4) is 0 Å². The number of piperazine rings is 1. The molecule has 0 unspecified atom stereocenters. The molecule has 1 aromatic carbocycles. The van der Waals surface area contributed by atoms with Crippen molar-refractivity contribution in [2.45, 2.75) is 63.6 Å². The topological polar surface area (TPSA) is 56.4 Å². The summed E-state index contributed by atoms with van der Waals surface area (Å²) in [5, 5.41) is 1.17. The van der Waals surface area contributed by atoms with Crippen molar-refractivity contribution in [1.29, 1.82) is 0 Å². The van der Waals surface area contributed by atoms with Crippen molar-refractivity contribution in [2.24, 2.45) is 0 Å². The van der Waals surface area contributed by atoms with Crippen molar-refractivity contribution in [3.8, 4) is 0 Å². The lowest BCUT2D eigenvalue weighted by atomic mass is 9.82. The van der Waals surface area contributed by atoms with E-state index in [1.807, 2.05) is 21.9 Å². The van der Waals surface area contributed by atoms with Gasteiger partial charge in [0.25, 0.3) is 0 Å². The van der Waals surface area contributed by atoms with Crippen LogP contribution in [0.25, 0.3) is 10.9 Å². The Bertz CT molecular complexity index is 907. The number of hydrogen-bond acceptors (Lipinski definition) is 2. The molecule has 136 valence electrons. The van der Waals surface area contributed by atoms with E-state index >= 15 is 0 Å². The van der Waals surface area contributed by atoms with Gasteiger partial charge in [-0.25, -0.2) is 0 Å². The Balaban J connectivity index is 1.61. The lowest BCUT2D eigenvalue weighted by Gasteiger charge is -2.52. The largest absolute Gasteiger partial charge is 0.356 e. The third kappa shape index (κ3) is 2.03. The summed E-state index contributed by atoms with van der Waals surface area (Å²) in [7, 11) is 0. The highest BCUT2D eigenvalue weighted by atomic mass is 16.2. The number of carbonyl (C=O) groups is 2. The van der Waals surface area contributed by atoms with E-state index < -0.39 is 5.54 Å². The number of para-hydroxylation sites is 1. The Labute approximate surface area is 153 Å². The second kappa shape index (κ2) is 5.35. The lowest BCUT2D eigenvalue weighted by molar-refractivity contribution is -0.166. The van der Waals surface area contributed by atoms with Gasteiger partial charge in [0.1, 0.15) is 12.6 Å². The summed E-state index contributed by atoms with van der Waals surface area (Å²) in [4.78, 5) is 33.7. The third-order valence-corrected chi connectivity index (χ3v) is 6.64. The molecule has 5 nitrogen and oxygen atoms in total. The van der Waals surface area contributed by atoms with Crippen molar-refractivity contribution in [3.63, 3.8) is 0 Å². The number of nitrogens with one attached hydrogen (secondary N) is 1. The summed E-state index contributed by atoms with van der Waals surface area (Å²) in [5.41, 5.74) is 2.84. The van der Waals surface area contributed by atoms with Gasteiger partial charge in [-0.1, -0.05) is 31.0 Å². The summed E-state index contributed by atoms with van der Waals surface area (Å²) in [6.45, 7) is 4.35. The van der Waals surface area contributed by atoms with Gasteiger partial charge in [-0.2, -0.15) is 0 Å². The first kappa shape index (κ1) is 15.9. The Morgan fingerprint density at radius 2 is 1.85 bits per heavy atom. The van der Waals surface area contributed by atoms with Gasteiger partial charge in [0.2, 0.25) is 11.8 Å². The van der Waals surface area contributed by atoms with Crippen LogP contribution in [0, 0.1) is 0 Å². The van der Waals surface area contributed by atoms with Gasteiger partial charge in [-0.15, -0.1) is 0 Å². The summed E-state index contributed by atoms with van der Waals surface area (Å²) in [6.07, 6.45) is 5.00. The van der Waals surface area contributed by atoms with E-state index in [-0.39, 0.29) is 30.4 Å². The molecule has 1 aliphatic carbocycles. The quantitative estimate of drug-likeness (QED) is 0.859. The number of aromatic amines is 1. The Morgan fingerprint density at radius 1 is 1.12 bits per heavy atom. The molecule has 0 radical (unpaired) electrons. The van der Waals surface area contributed by atoms with Crippen molar-refractivity contribution in [1.82, 2.24) is 14.8 Å². The zero-order chi connectivity index (χ0) is 18.1. The van der Waals surface area contributed by atoms with Crippen molar-refractivity contribution >= 4 is 22.7 Å². The predicted octanol–water partition coefficient (Wildman–Crippen LogP) is 2.94. The molecule has 26 heavy (non-hydrogen) atoms. The summed E-state index contributed by atoms with van der Waals surface area (Å²) in [5.74, 6) is 0.219. The van der Waals surface area contributed by atoms with Gasteiger partial charge in [-0.05, 0) is 38.3 Å². The molecular weight excluding hydrogens is 326 g/mol. The average molecular weight is 351 g/mol. The molecule has 2 amide bonds. The van der Waals surface area contributed by atoms with E-state index in [1.54, 1.807) is 0 Å². The summed E-state index contributed by atoms with van der Waals surface area (Å²) in [6, 6.07) is 8.11. The maximum absolute atomic E-state index is 13.4. The molecule has 5 heteroatoms. The molecule has 0 spiro atoms. The van der Waals surface area contributed by atoms with Crippen LogP contribution in [0.2, 0.25) is 0 Å². The number of carbonyl (C=O) groups excluding carboxylic acids is 2. The molecule has 1 aromatic heterocycles. The number of H-pyrrole nitrogens is 1. The van der Waals surface area contributed by atoms with E-state index in [1.165, 1.54) is 10.9 Å². The van der Waals surface area contributed by atoms with E-state index in [4.69, 9.17) is 0 Å². The van der Waals surface area contributed by atoms with Crippen LogP contribution in [0.15, 0.2) is 24.3 Å². The van der Waals surface area contributed by atoms with Gasteiger partial charge in [0, 0.05) is 29.1 Å². The van der Waals surface area contributed by atoms with Gasteiger partial charge in [-0.3, -0.25) is 9.59 Å². The number of fused-ring (bicyclic) bond motifs is 4. The maximum Gasteiger partial charge on any atom is 0.246 e. The zero-order valence-electron chi connectivity index (χ0n) is 15.4. The van der Waals surface area contributed by atoms with Crippen molar-refractivity contribution < 1.29 is 9.59 Å². The third-order valence-electron chi connectivity index (χ3n) is 6.64. The van der Waals surface area contributed by atoms with Gasteiger partial charge >= 0.3 is 0 Å². The standard InChI is InChI=1S/C21H25N3O2/c1-21(2)19-15(14-9-5-6-10-16(14)22-19)11-17-20(26)23(12-18(25)24(17)21)13-7-3-4-8-13/h5-6,9-10,13,17,22H,3-4,7-8,11-12H2,1-2H3/t17-/m1/s1. The molecule has 2 aliphatic heterocycles. The molecule has 1 saturated carbocycles. The minimum absolute atomic E-state index is 0.0795. The highest BCUT2D eigenvalue weighted by Crippen LogP contribution is 2.43. The van der Waals surface area contributed by atoms with Crippen molar-refractivity contribution in [3.05, 3.63) is 35.5 Å². The first-order valence-electron chi connectivity index (χ1n) is 9.71. The molecule has 1 atom stereocenters. The summed E-state index contributed by atoms with van der Waals surface area (Å²) >= 11 is 0. The van der Waals surface area contributed by atoms with E-state index in [2.05, 4.69) is 31.0 Å². The highest BCUT2D eigenvalue weighted by molar-refractivity contribution is 5.97. The van der Waals surface area contributed by atoms with Crippen LogP contribution in [0.4, 0.5) is 0 Å². The van der Waals surface area contributed by atoms with Gasteiger partial charge in [0.15, 0.2) is 0 Å². The number of benzene rings is 1. The zero-order valence-corrected chi connectivity index (χ0v) is 15.4. The van der Waals surface area contributed by atoms with Crippen LogP contribution in [0.1, 0.15) is 50.8 Å².